The highest BCUT2D eigenvalue weighted by Crippen LogP contribution is 2.21. The largest absolute Gasteiger partial charge is 0.348 e. The Hall–Kier alpha value is -2.21. The summed E-state index contributed by atoms with van der Waals surface area (Å²) in [5.41, 5.74) is 8.61. The lowest BCUT2D eigenvalue weighted by atomic mass is 10.1. The number of hydrogen-bond acceptors (Lipinski definition) is 3. The molecule has 5 nitrogen and oxygen atoms in total. The molecule has 3 rings (SSSR count). The van der Waals surface area contributed by atoms with Crippen LogP contribution in [0.15, 0.2) is 30.7 Å². The van der Waals surface area contributed by atoms with Gasteiger partial charge in [0.2, 0.25) is 0 Å². The van der Waals surface area contributed by atoms with E-state index in [-0.39, 0.29) is 11.9 Å². The summed E-state index contributed by atoms with van der Waals surface area (Å²) in [6, 6.07) is 4.29. The molecule has 0 radical (unpaired) electrons. The van der Waals surface area contributed by atoms with Gasteiger partial charge in [0.1, 0.15) is 11.6 Å². The van der Waals surface area contributed by atoms with Crippen molar-refractivity contribution in [1.82, 2.24) is 19.5 Å². The minimum Gasteiger partial charge on any atom is -0.348 e. The molecule has 1 aromatic carbocycles. The van der Waals surface area contributed by atoms with Crippen LogP contribution in [0.1, 0.15) is 17.6 Å². The Kier molecular flexibility index (Phi) is 2.79. The zero-order chi connectivity index (χ0) is 13.4. The third-order valence-electron chi connectivity index (χ3n) is 3.20. The van der Waals surface area contributed by atoms with Gasteiger partial charge in [0, 0.05) is 31.4 Å². The van der Waals surface area contributed by atoms with E-state index < -0.39 is 0 Å². The van der Waals surface area contributed by atoms with Gasteiger partial charge in [-0.1, -0.05) is 0 Å². The Morgan fingerprint density at radius 1 is 1.47 bits per heavy atom. The molecule has 0 aliphatic carbocycles. The van der Waals surface area contributed by atoms with E-state index in [4.69, 9.17) is 5.73 Å². The van der Waals surface area contributed by atoms with Gasteiger partial charge in [-0.25, -0.2) is 14.4 Å². The first-order valence-corrected chi connectivity index (χ1v) is 6.00. The lowest BCUT2D eigenvalue weighted by Gasteiger charge is -2.10. The van der Waals surface area contributed by atoms with E-state index in [9.17, 15) is 4.39 Å². The number of imidazole rings is 2. The Balaban J connectivity index is 1.98. The van der Waals surface area contributed by atoms with Crippen molar-refractivity contribution in [3.05, 3.63) is 48.1 Å². The van der Waals surface area contributed by atoms with Crippen molar-refractivity contribution in [1.29, 1.82) is 0 Å². The van der Waals surface area contributed by atoms with Crippen molar-refractivity contribution in [2.24, 2.45) is 12.8 Å². The molecular formula is C13H14FN5. The molecule has 1 atom stereocenters. The maximum atomic E-state index is 13.2. The van der Waals surface area contributed by atoms with E-state index in [0.717, 1.165) is 17.0 Å². The van der Waals surface area contributed by atoms with E-state index >= 15 is 0 Å². The summed E-state index contributed by atoms with van der Waals surface area (Å²) in [7, 11) is 1.88. The van der Waals surface area contributed by atoms with Gasteiger partial charge in [0.25, 0.3) is 0 Å². The fourth-order valence-corrected chi connectivity index (χ4v) is 2.25. The molecule has 0 fully saturated rings. The van der Waals surface area contributed by atoms with Crippen LogP contribution in [0, 0.1) is 5.82 Å². The Bertz CT molecular complexity index is 701. The number of halogens is 1. The number of benzene rings is 1. The molecule has 0 bridgehead atoms. The predicted octanol–water partition coefficient (Wildman–Crippen LogP) is 1.68. The number of rotatable bonds is 3. The van der Waals surface area contributed by atoms with Gasteiger partial charge in [-0.05, 0) is 12.1 Å². The van der Waals surface area contributed by atoms with Crippen LogP contribution >= 0.6 is 0 Å². The van der Waals surface area contributed by atoms with Crippen molar-refractivity contribution < 1.29 is 4.39 Å². The maximum Gasteiger partial charge on any atom is 0.127 e. The summed E-state index contributed by atoms with van der Waals surface area (Å²) < 4.78 is 15.1. The summed E-state index contributed by atoms with van der Waals surface area (Å²) in [5.74, 6) is 0.439. The summed E-state index contributed by atoms with van der Waals surface area (Å²) >= 11 is 0. The standard InChI is InChI=1S/C13H14FN5/c1-19-12-3-2-8(14)4-11(12)18-13(19)10(15)5-9-6-16-7-17-9/h2-4,6-7,10H,5,15H2,1H3,(H,16,17). The van der Waals surface area contributed by atoms with Crippen LogP contribution in [0.2, 0.25) is 0 Å². The number of hydrogen-bond donors (Lipinski definition) is 2. The first-order valence-electron chi connectivity index (χ1n) is 6.00. The molecule has 0 aliphatic heterocycles. The zero-order valence-corrected chi connectivity index (χ0v) is 10.5. The molecule has 19 heavy (non-hydrogen) atoms. The van der Waals surface area contributed by atoms with Crippen LogP contribution in [0.25, 0.3) is 11.0 Å². The summed E-state index contributed by atoms with van der Waals surface area (Å²) in [6.45, 7) is 0. The van der Waals surface area contributed by atoms with E-state index in [1.54, 1.807) is 18.6 Å². The highest BCUT2D eigenvalue weighted by atomic mass is 19.1. The highest BCUT2D eigenvalue weighted by molar-refractivity contribution is 5.76. The quantitative estimate of drug-likeness (QED) is 0.751. The molecule has 3 N–H and O–H groups in total. The molecular weight excluding hydrogens is 245 g/mol. The van der Waals surface area contributed by atoms with Gasteiger partial charge >= 0.3 is 0 Å². The average molecular weight is 259 g/mol. The number of fused-ring (bicyclic) bond motifs is 1. The average Bonchev–Trinajstić information content (AvgIpc) is 2.97. The lowest BCUT2D eigenvalue weighted by molar-refractivity contribution is 0.629. The van der Waals surface area contributed by atoms with Crippen molar-refractivity contribution in [3.8, 4) is 0 Å². The van der Waals surface area contributed by atoms with Gasteiger partial charge in [-0.2, -0.15) is 0 Å². The molecule has 0 saturated heterocycles. The molecule has 2 heterocycles. The first kappa shape index (κ1) is 11.9. The topological polar surface area (TPSA) is 72.5 Å². The second-order valence-corrected chi connectivity index (χ2v) is 4.55. The molecule has 0 saturated carbocycles. The molecule has 6 heteroatoms. The smallest absolute Gasteiger partial charge is 0.127 e. The Labute approximate surface area is 109 Å². The summed E-state index contributed by atoms with van der Waals surface area (Å²) in [6.07, 6.45) is 3.97. The van der Waals surface area contributed by atoms with E-state index in [0.29, 0.717) is 11.9 Å². The van der Waals surface area contributed by atoms with Crippen molar-refractivity contribution >= 4 is 11.0 Å². The zero-order valence-electron chi connectivity index (χ0n) is 10.5. The number of aromatic amines is 1. The maximum absolute atomic E-state index is 13.2. The fourth-order valence-electron chi connectivity index (χ4n) is 2.25. The van der Waals surface area contributed by atoms with Gasteiger partial charge in [0.15, 0.2) is 0 Å². The van der Waals surface area contributed by atoms with Crippen molar-refractivity contribution in [3.63, 3.8) is 0 Å². The summed E-state index contributed by atoms with van der Waals surface area (Å²) in [5, 5.41) is 0. The normalized spacial score (nSPS) is 13.0. The fraction of sp³-hybridized carbons (Fsp3) is 0.231. The molecule has 0 spiro atoms. The monoisotopic (exact) mass is 259 g/mol. The van der Waals surface area contributed by atoms with Crippen LogP contribution in [0.5, 0.6) is 0 Å². The number of aromatic nitrogens is 4. The Morgan fingerprint density at radius 2 is 2.32 bits per heavy atom. The molecule has 1 unspecified atom stereocenters. The van der Waals surface area contributed by atoms with Crippen molar-refractivity contribution in [2.75, 3.05) is 0 Å². The number of nitrogens with two attached hydrogens (primary N) is 1. The molecule has 3 aromatic rings. The number of H-pyrrole nitrogens is 1. The minimum absolute atomic E-state index is 0.263. The minimum atomic E-state index is -0.292. The van der Waals surface area contributed by atoms with E-state index in [1.807, 2.05) is 11.6 Å². The molecule has 2 aromatic heterocycles. The third kappa shape index (κ3) is 2.10. The summed E-state index contributed by atoms with van der Waals surface area (Å²) in [4.78, 5) is 11.4. The third-order valence-corrected chi connectivity index (χ3v) is 3.20. The van der Waals surface area contributed by atoms with Crippen LogP contribution < -0.4 is 5.73 Å². The van der Waals surface area contributed by atoms with Crippen LogP contribution in [-0.2, 0) is 13.5 Å². The molecule has 98 valence electrons. The van der Waals surface area contributed by atoms with Gasteiger partial charge in [-0.15, -0.1) is 0 Å². The van der Waals surface area contributed by atoms with Gasteiger partial charge < -0.3 is 15.3 Å². The SMILES string of the molecule is Cn1c(C(N)Cc2cnc[nH]2)nc2cc(F)ccc21. The van der Waals surface area contributed by atoms with Crippen molar-refractivity contribution in [2.45, 2.75) is 12.5 Å². The number of nitrogens with zero attached hydrogens (tertiary/aromatic N) is 3. The van der Waals surface area contributed by atoms with Crippen LogP contribution in [0.3, 0.4) is 0 Å². The van der Waals surface area contributed by atoms with Gasteiger partial charge in [0.05, 0.1) is 23.4 Å². The van der Waals surface area contributed by atoms with E-state index in [2.05, 4.69) is 15.0 Å². The second-order valence-electron chi connectivity index (χ2n) is 4.55. The Morgan fingerprint density at radius 3 is 3.05 bits per heavy atom. The lowest BCUT2D eigenvalue weighted by Crippen LogP contribution is -2.18. The van der Waals surface area contributed by atoms with Crippen LogP contribution in [0.4, 0.5) is 4.39 Å². The number of nitrogens with one attached hydrogen (secondary N) is 1. The second kappa shape index (κ2) is 4.47. The molecule has 0 aliphatic rings. The first-order chi connectivity index (χ1) is 9.15. The van der Waals surface area contributed by atoms with E-state index in [1.165, 1.54) is 12.1 Å². The van der Waals surface area contributed by atoms with Crippen LogP contribution in [-0.4, -0.2) is 19.5 Å². The number of aryl methyl sites for hydroxylation is 1. The highest BCUT2D eigenvalue weighted by Gasteiger charge is 2.16. The van der Waals surface area contributed by atoms with Gasteiger partial charge in [-0.3, -0.25) is 0 Å². The molecule has 0 amide bonds. The predicted molar refractivity (Wildman–Crippen MR) is 69.9 cm³/mol.